The van der Waals surface area contributed by atoms with Crippen molar-refractivity contribution in [1.82, 2.24) is 0 Å². The van der Waals surface area contributed by atoms with Crippen molar-refractivity contribution >= 4 is 7.82 Å². The Morgan fingerprint density at radius 1 is 1.70 bits per heavy atom. The molecule has 0 aromatic heterocycles. The highest BCUT2D eigenvalue weighted by atomic mass is 31.2. The van der Waals surface area contributed by atoms with E-state index in [0.717, 1.165) is 0 Å². The van der Waals surface area contributed by atoms with Gasteiger partial charge in [0.15, 0.2) is 6.26 Å². The molecule has 58 valence electrons. The minimum absolute atomic E-state index is 0.320. The molecule has 0 saturated carbocycles. The van der Waals surface area contributed by atoms with Gasteiger partial charge in [-0.3, -0.25) is 4.57 Å². The highest BCUT2D eigenvalue weighted by Gasteiger charge is 2.00. The lowest BCUT2D eigenvalue weighted by Gasteiger charge is -2.10. The van der Waals surface area contributed by atoms with Gasteiger partial charge in [0.1, 0.15) is 0 Å². The number of rotatable bonds is 3. The van der Waals surface area contributed by atoms with E-state index in [1.165, 1.54) is 0 Å². The first kappa shape index (κ1) is 9.09. The van der Waals surface area contributed by atoms with E-state index in [2.05, 4.69) is 4.52 Å². The van der Waals surface area contributed by atoms with Crippen molar-refractivity contribution in [3.05, 3.63) is 17.4 Å². The van der Waals surface area contributed by atoms with Crippen LogP contribution < -0.4 is 4.89 Å². The maximum atomic E-state index is 9.72. The zero-order valence-electron chi connectivity index (χ0n) is 4.58. The minimum Gasteiger partial charge on any atom is -0.746 e. The molecule has 8 heteroatoms. The van der Waals surface area contributed by atoms with Crippen LogP contribution in [0.15, 0.2) is 12.5 Å². The van der Waals surface area contributed by atoms with E-state index in [1.54, 1.807) is 0 Å². The van der Waals surface area contributed by atoms with Gasteiger partial charge in [-0.05, 0) is 0 Å². The summed E-state index contributed by atoms with van der Waals surface area (Å²) < 4.78 is 13.2. The van der Waals surface area contributed by atoms with E-state index in [4.69, 9.17) is 10.1 Å². The minimum atomic E-state index is -4.84. The summed E-state index contributed by atoms with van der Waals surface area (Å²) in [6.45, 7) is 0. The molecule has 1 unspecified atom stereocenters. The molecule has 0 aliphatic carbocycles. The average molecular weight is 169 g/mol. The normalized spacial score (nSPS) is 16.6. The van der Waals surface area contributed by atoms with E-state index >= 15 is 0 Å². The van der Waals surface area contributed by atoms with E-state index in [1.807, 2.05) is 0 Å². The molecular weight excluding hydrogens is 165 g/mol. The Balaban J connectivity index is 3.76. The summed E-state index contributed by atoms with van der Waals surface area (Å²) in [4.78, 5) is 26.5. The Labute approximate surface area is 55.3 Å². The molecule has 0 bridgehead atoms. The number of hydrogen-bond donors (Lipinski definition) is 2. The van der Waals surface area contributed by atoms with Crippen LogP contribution in [-0.4, -0.2) is 15.0 Å². The molecule has 0 radical (unpaired) electrons. The van der Waals surface area contributed by atoms with Crippen LogP contribution in [0.25, 0.3) is 0 Å². The molecule has 0 amide bonds. The van der Waals surface area contributed by atoms with Gasteiger partial charge >= 0.3 is 14.0 Å². The van der Waals surface area contributed by atoms with E-state index in [9.17, 15) is 14.4 Å². The molecule has 0 aliphatic rings. The van der Waals surface area contributed by atoms with Gasteiger partial charge in [0.2, 0.25) is 0 Å². The third-order valence-electron chi connectivity index (χ3n) is 0.382. The molecule has 1 atom stereocenters. The predicted molar refractivity (Wildman–Crippen MR) is 25.5 cm³/mol. The number of nitrogens with zero attached hydrogens (tertiary/aromatic N) is 1. The molecule has 0 aliphatic heterocycles. The summed E-state index contributed by atoms with van der Waals surface area (Å²) in [5.74, 6) is 0. The van der Waals surface area contributed by atoms with Crippen LogP contribution >= 0.6 is 7.82 Å². The Morgan fingerprint density at radius 2 is 2.20 bits per heavy atom. The van der Waals surface area contributed by atoms with E-state index in [-0.39, 0.29) is 0 Å². The molecule has 7 nitrogen and oxygen atoms in total. The maximum absolute atomic E-state index is 9.72. The Kier molecular flexibility index (Phi) is 3.01. The van der Waals surface area contributed by atoms with Crippen molar-refractivity contribution in [2.75, 3.05) is 0 Å². The number of hydrogen-bond acceptors (Lipinski definition) is 4. The zero-order valence-corrected chi connectivity index (χ0v) is 5.47. The highest BCUT2D eigenvalue weighted by Crippen LogP contribution is 2.30. The lowest BCUT2D eigenvalue weighted by atomic mass is 11.0. The fourth-order valence-corrected chi connectivity index (χ4v) is 0.364. The van der Waals surface area contributed by atoms with Crippen molar-refractivity contribution in [2.24, 2.45) is 0 Å². The Hall–Kier alpha value is -0.910. The first-order valence-corrected chi connectivity index (χ1v) is 3.45. The van der Waals surface area contributed by atoms with Gasteiger partial charge in [0, 0.05) is 0 Å². The van der Waals surface area contributed by atoms with Gasteiger partial charge in [0.25, 0.3) is 4.92 Å². The summed E-state index contributed by atoms with van der Waals surface area (Å²) in [5, 5.41) is 7.79. The van der Waals surface area contributed by atoms with Crippen LogP contribution in [0.2, 0.25) is 0 Å². The molecule has 0 heterocycles. The fourth-order valence-electron chi connectivity index (χ4n) is 0.156. The van der Waals surface area contributed by atoms with Gasteiger partial charge in [0.05, 0.1) is 4.91 Å². The van der Waals surface area contributed by atoms with Crippen LogP contribution in [0.4, 0.5) is 0 Å². The summed E-state index contributed by atoms with van der Waals surface area (Å²) in [5.41, 5.74) is 0. The van der Waals surface area contributed by atoms with E-state index in [0.29, 0.717) is 12.5 Å². The fraction of sp³-hybridized carbons (Fsp3) is 0. The first-order chi connectivity index (χ1) is 4.42. The lowest BCUT2D eigenvalue weighted by Crippen LogP contribution is -1.99. The topological polar surface area (TPSA) is 110 Å². The van der Waals surface area contributed by atoms with Gasteiger partial charge in [-0.15, -0.1) is 0 Å². The SMILES string of the molecule is O=[N+](O)C=COP(=O)([O-])O. The van der Waals surface area contributed by atoms with Gasteiger partial charge in [-0.25, -0.2) is 5.21 Å². The van der Waals surface area contributed by atoms with Crippen LogP contribution in [0.5, 0.6) is 0 Å². The molecule has 0 rings (SSSR count). The third kappa shape index (κ3) is 7.09. The van der Waals surface area contributed by atoms with Crippen LogP contribution in [0.3, 0.4) is 0 Å². The van der Waals surface area contributed by atoms with Gasteiger partial charge < -0.3 is 14.3 Å². The molecular formula is C2H4NO6P. The van der Waals surface area contributed by atoms with Gasteiger partial charge in [-0.2, -0.15) is 0 Å². The Morgan fingerprint density at radius 3 is 2.50 bits per heavy atom. The molecule has 0 spiro atoms. The van der Waals surface area contributed by atoms with Crippen molar-refractivity contribution < 1.29 is 29.0 Å². The lowest BCUT2D eigenvalue weighted by molar-refractivity contribution is -0.742. The van der Waals surface area contributed by atoms with Crippen molar-refractivity contribution in [3.8, 4) is 0 Å². The highest BCUT2D eigenvalue weighted by molar-refractivity contribution is 7.44. The molecule has 0 aromatic carbocycles. The van der Waals surface area contributed by atoms with Crippen molar-refractivity contribution in [3.63, 3.8) is 0 Å². The van der Waals surface area contributed by atoms with E-state index < -0.39 is 12.7 Å². The Bertz CT molecular complexity index is 192. The van der Waals surface area contributed by atoms with Crippen LogP contribution in [-0.2, 0) is 9.09 Å². The molecule has 0 saturated heterocycles. The molecule has 0 aromatic rings. The van der Waals surface area contributed by atoms with Crippen LogP contribution in [0, 0.1) is 4.91 Å². The summed E-state index contributed by atoms with van der Waals surface area (Å²) in [7, 11) is -4.84. The first-order valence-electron chi connectivity index (χ1n) is 1.96. The smallest absolute Gasteiger partial charge is 0.316 e. The summed E-state index contributed by atoms with van der Waals surface area (Å²) in [6.07, 6.45) is 0.668. The van der Waals surface area contributed by atoms with Crippen LogP contribution in [0.1, 0.15) is 0 Å². The average Bonchev–Trinajstić information content (AvgIpc) is 1.59. The quantitative estimate of drug-likeness (QED) is 0.322. The second kappa shape index (κ2) is 3.31. The molecule has 2 N–H and O–H groups in total. The standard InChI is InChI=1S/C2H4NO6P/c4-3(5)1-2-9-10(6,7)8/h1-2H,(H2-,4,5,6,7,8). The molecule has 10 heavy (non-hydrogen) atoms. The monoisotopic (exact) mass is 169 g/mol. The van der Waals surface area contributed by atoms with Gasteiger partial charge in [-0.1, -0.05) is 0 Å². The second-order valence-electron chi connectivity index (χ2n) is 1.16. The maximum Gasteiger partial charge on any atom is 0.316 e. The summed E-state index contributed by atoms with van der Waals surface area (Å²) >= 11 is 0. The summed E-state index contributed by atoms with van der Waals surface area (Å²) in [6, 6.07) is 0. The van der Waals surface area contributed by atoms with Crippen molar-refractivity contribution in [1.29, 1.82) is 0 Å². The second-order valence-corrected chi connectivity index (χ2v) is 2.31. The third-order valence-corrected chi connectivity index (χ3v) is 0.771. The number of phosphoric ester groups is 1. The largest absolute Gasteiger partial charge is 0.746 e. The predicted octanol–water partition coefficient (Wildman–Crippen LogP) is -0.897. The molecule has 0 fully saturated rings. The number of phosphoric acid groups is 1. The van der Waals surface area contributed by atoms with Crippen molar-refractivity contribution in [2.45, 2.75) is 0 Å². The zero-order chi connectivity index (χ0) is 8.20.